The van der Waals surface area contributed by atoms with Gasteiger partial charge >= 0.3 is 0 Å². The van der Waals surface area contributed by atoms with Gasteiger partial charge in [0.05, 0.1) is 5.54 Å². The molecule has 2 N–H and O–H groups in total. The number of carbonyl (C=O) groups is 1. The van der Waals surface area contributed by atoms with E-state index in [0.717, 1.165) is 0 Å². The van der Waals surface area contributed by atoms with Gasteiger partial charge in [-0.2, -0.15) is 0 Å². The Morgan fingerprint density at radius 2 is 2.25 bits per heavy atom. The largest absolute Gasteiger partial charge is 0.319 e. The molecule has 0 aromatic heterocycles. The van der Waals surface area contributed by atoms with E-state index in [0.29, 0.717) is 0 Å². The molecule has 1 unspecified atom stereocenters. The maximum Gasteiger partial charge on any atom is 0.174 e. The van der Waals surface area contributed by atoms with Gasteiger partial charge in [-0.3, -0.25) is 4.79 Å². The summed E-state index contributed by atoms with van der Waals surface area (Å²) in [7, 11) is 0. The molecule has 8 heavy (non-hydrogen) atoms. The van der Waals surface area contributed by atoms with Crippen molar-refractivity contribution in [2.24, 2.45) is 5.73 Å². The Balaban J connectivity index is 4.02. The van der Waals surface area contributed by atoms with Gasteiger partial charge in [-0.15, -0.1) is 0 Å². The maximum atomic E-state index is 10.5. The van der Waals surface area contributed by atoms with Gasteiger partial charge in [0.15, 0.2) is 5.78 Å². The minimum atomic E-state index is -0.998. The van der Waals surface area contributed by atoms with E-state index in [4.69, 9.17) is 5.73 Å². The number of ketones is 1. The molecule has 0 rings (SSSR count). The Bertz CT molecular complexity index is 110. The molecule has 0 fully saturated rings. The topological polar surface area (TPSA) is 43.1 Å². The molecule has 0 saturated heterocycles. The quantitative estimate of drug-likeness (QED) is 0.522. The molecule has 0 aliphatic heterocycles. The van der Waals surface area contributed by atoms with Gasteiger partial charge in [0.1, 0.15) is 0 Å². The highest BCUT2D eigenvalue weighted by Crippen LogP contribution is 1.96. The van der Waals surface area contributed by atoms with E-state index in [-0.39, 0.29) is 5.78 Å². The summed E-state index contributed by atoms with van der Waals surface area (Å²) in [4.78, 5) is 10.5. The van der Waals surface area contributed by atoms with Crippen LogP contribution in [0.15, 0.2) is 12.7 Å². The molecule has 2 nitrogen and oxygen atoms in total. The fourth-order valence-electron chi connectivity index (χ4n) is 0.233. The SMILES string of the molecule is [CH2]C(C)(N)C(=O)C=C. The zero-order valence-electron chi connectivity index (χ0n) is 4.98. The highest BCUT2D eigenvalue weighted by atomic mass is 16.1. The molecule has 0 aliphatic carbocycles. The molecule has 45 valence electrons. The predicted octanol–water partition coefficient (Wildman–Crippen LogP) is 0.293. The summed E-state index contributed by atoms with van der Waals surface area (Å²) < 4.78 is 0. The fourth-order valence-corrected chi connectivity index (χ4v) is 0.233. The van der Waals surface area contributed by atoms with Crippen molar-refractivity contribution in [2.75, 3.05) is 0 Å². The van der Waals surface area contributed by atoms with Crippen molar-refractivity contribution in [3.63, 3.8) is 0 Å². The Labute approximate surface area is 49.4 Å². The van der Waals surface area contributed by atoms with E-state index in [1.54, 1.807) is 0 Å². The smallest absolute Gasteiger partial charge is 0.174 e. The first-order valence-electron chi connectivity index (χ1n) is 2.29. The molecule has 0 saturated carbocycles. The molecular formula is C6H10NO. The minimum absolute atomic E-state index is 0.238. The standard InChI is InChI=1S/C6H10NO/c1-4-5(8)6(2,3)7/h4H,1-2,7H2,3H3. The Morgan fingerprint density at radius 3 is 2.25 bits per heavy atom. The van der Waals surface area contributed by atoms with Crippen LogP contribution in [-0.4, -0.2) is 11.3 Å². The highest BCUT2D eigenvalue weighted by Gasteiger charge is 2.17. The number of hydrogen-bond donors (Lipinski definition) is 1. The molecule has 0 aromatic rings. The average molecular weight is 112 g/mol. The third kappa shape index (κ3) is 1.89. The summed E-state index contributed by atoms with van der Waals surface area (Å²) in [6, 6.07) is 0. The zero-order valence-corrected chi connectivity index (χ0v) is 4.98. The van der Waals surface area contributed by atoms with Crippen molar-refractivity contribution >= 4 is 5.78 Å². The van der Waals surface area contributed by atoms with Crippen LogP contribution in [0.1, 0.15) is 6.92 Å². The molecular weight excluding hydrogens is 102 g/mol. The normalized spacial score (nSPS) is 10.9. The molecule has 0 aromatic carbocycles. The molecule has 1 atom stereocenters. The van der Waals surface area contributed by atoms with Crippen molar-refractivity contribution < 1.29 is 4.79 Å². The third-order valence-electron chi connectivity index (χ3n) is 0.748. The second-order valence-corrected chi connectivity index (χ2v) is 1.99. The van der Waals surface area contributed by atoms with Gasteiger partial charge in [-0.1, -0.05) is 6.58 Å². The summed E-state index contributed by atoms with van der Waals surface area (Å²) in [5.41, 5.74) is 4.26. The van der Waals surface area contributed by atoms with Crippen LogP contribution in [0.25, 0.3) is 0 Å². The summed E-state index contributed by atoms with van der Waals surface area (Å²) in [6.07, 6.45) is 1.17. The Kier molecular flexibility index (Phi) is 1.93. The lowest BCUT2D eigenvalue weighted by molar-refractivity contribution is -0.117. The van der Waals surface area contributed by atoms with Crippen molar-refractivity contribution in [1.29, 1.82) is 0 Å². The first-order valence-corrected chi connectivity index (χ1v) is 2.29. The second-order valence-electron chi connectivity index (χ2n) is 1.99. The van der Waals surface area contributed by atoms with E-state index < -0.39 is 5.54 Å². The van der Waals surface area contributed by atoms with Crippen LogP contribution in [0.3, 0.4) is 0 Å². The summed E-state index contributed by atoms with van der Waals surface area (Å²) in [6.45, 7) is 8.19. The molecule has 0 aliphatic rings. The van der Waals surface area contributed by atoms with Crippen LogP contribution < -0.4 is 5.73 Å². The third-order valence-corrected chi connectivity index (χ3v) is 0.748. The van der Waals surface area contributed by atoms with Gasteiger partial charge < -0.3 is 5.73 Å². The number of nitrogens with two attached hydrogens (primary N) is 1. The summed E-state index contributed by atoms with van der Waals surface area (Å²) in [5, 5.41) is 0. The zero-order chi connectivity index (χ0) is 6.78. The predicted molar refractivity (Wildman–Crippen MR) is 33.2 cm³/mol. The summed E-state index contributed by atoms with van der Waals surface area (Å²) >= 11 is 0. The maximum absolute atomic E-state index is 10.5. The van der Waals surface area contributed by atoms with Gasteiger partial charge in [-0.05, 0) is 19.9 Å². The van der Waals surface area contributed by atoms with Crippen LogP contribution >= 0.6 is 0 Å². The Morgan fingerprint density at radius 1 is 1.88 bits per heavy atom. The monoisotopic (exact) mass is 112 g/mol. The first-order chi connectivity index (χ1) is 3.48. The number of rotatable bonds is 2. The second kappa shape index (κ2) is 2.09. The van der Waals surface area contributed by atoms with Crippen LogP contribution in [-0.2, 0) is 4.79 Å². The van der Waals surface area contributed by atoms with Gasteiger partial charge in [-0.25, -0.2) is 0 Å². The van der Waals surface area contributed by atoms with Crippen molar-refractivity contribution in [3.8, 4) is 0 Å². The van der Waals surface area contributed by atoms with Crippen molar-refractivity contribution in [3.05, 3.63) is 19.6 Å². The minimum Gasteiger partial charge on any atom is -0.319 e. The van der Waals surface area contributed by atoms with Crippen LogP contribution in [0.5, 0.6) is 0 Å². The van der Waals surface area contributed by atoms with Crippen molar-refractivity contribution in [2.45, 2.75) is 12.5 Å². The Hall–Kier alpha value is -0.630. The molecule has 0 heterocycles. The van der Waals surface area contributed by atoms with E-state index in [9.17, 15) is 4.79 Å². The van der Waals surface area contributed by atoms with Gasteiger partial charge in [0.2, 0.25) is 0 Å². The first kappa shape index (κ1) is 7.37. The molecule has 1 radical (unpaired) electrons. The van der Waals surface area contributed by atoms with Crippen molar-refractivity contribution in [1.82, 2.24) is 0 Å². The number of carbonyl (C=O) groups excluding carboxylic acids is 1. The lowest BCUT2D eigenvalue weighted by Gasteiger charge is -2.12. The van der Waals surface area contributed by atoms with E-state index in [1.165, 1.54) is 13.0 Å². The van der Waals surface area contributed by atoms with Crippen LogP contribution in [0.2, 0.25) is 0 Å². The molecule has 2 heteroatoms. The molecule has 0 bridgehead atoms. The lowest BCUT2D eigenvalue weighted by atomic mass is 10.0. The fraction of sp³-hybridized carbons (Fsp3) is 0.333. The summed E-state index contributed by atoms with van der Waals surface area (Å²) in [5.74, 6) is -0.238. The highest BCUT2D eigenvalue weighted by molar-refractivity contribution is 5.97. The van der Waals surface area contributed by atoms with Crippen LogP contribution in [0.4, 0.5) is 0 Å². The van der Waals surface area contributed by atoms with Gasteiger partial charge in [0, 0.05) is 0 Å². The molecule has 0 spiro atoms. The molecule has 0 amide bonds. The van der Waals surface area contributed by atoms with Gasteiger partial charge in [0.25, 0.3) is 0 Å². The van der Waals surface area contributed by atoms with E-state index >= 15 is 0 Å². The average Bonchev–Trinajstić information content (AvgIpc) is 1.62. The van der Waals surface area contributed by atoms with E-state index in [1.807, 2.05) is 0 Å². The van der Waals surface area contributed by atoms with E-state index in [2.05, 4.69) is 13.5 Å². The lowest BCUT2D eigenvalue weighted by Crippen LogP contribution is -2.40. The van der Waals surface area contributed by atoms with Crippen LogP contribution in [0, 0.1) is 6.92 Å². The number of hydrogen-bond acceptors (Lipinski definition) is 2.